The van der Waals surface area contributed by atoms with Crippen molar-refractivity contribution in [2.75, 3.05) is 23.3 Å². The number of amides is 2. The van der Waals surface area contributed by atoms with E-state index in [1.54, 1.807) is 18.2 Å². The second kappa shape index (κ2) is 10.8. The van der Waals surface area contributed by atoms with E-state index in [9.17, 15) is 9.59 Å². The molecule has 0 aliphatic carbocycles. The Kier molecular flexibility index (Phi) is 7.37. The molecule has 0 spiro atoms. The topological polar surface area (TPSA) is 87.5 Å². The zero-order valence-corrected chi connectivity index (χ0v) is 18.7. The third kappa shape index (κ3) is 5.79. The van der Waals surface area contributed by atoms with Gasteiger partial charge in [-0.2, -0.15) is 0 Å². The Morgan fingerprint density at radius 2 is 1.61 bits per heavy atom. The van der Waals surface area contributed by atoms with E-state index in [4.69, 9.17) is 5.73 Å². The molecule has 0 saturated carbocycles. The molecule has 1 aliphatic heterocycles. The summed E-state index contributed by atoms with van der Waals surface area (Å²) in [6, 6.07) is 23.4. The summed E-state index contributed by atoms with van der Waals surface area (Å²) in [5, 5.41) is 5.84. The molecule has 0 radical (unpaired) electrons. The molecule has 2 amide bonds. The van der Waals surface area contributed by atoms with E-state index in [1.807, 2.05) is 60.7 Å². The van der Waals surface area contributed by atoms with Crippen molar-refractivity contribution in [2.45, 2.75) is 31.8 Å². The van der Waals surface area contributed by atoms with Gasteiger partial charge in [0.25, 0.3) is 11.8 Å². The average molecular weight is 443 g/mol. The molecule has 3 aromatic rings. The number of hydrogen-bond donors (Lipinski definition) is 3. The normalized spacial score (nSPS) is 14.4. The van der Waals surface area contributed by atoms with Crippen molar-refractivity contribution in [3.63, 3.8) is 0 Å². The molecule has 0 aromatic heterocycles. The third-order valence-electron chi connectivity index (χ3n) is 5.95. The Hall–Kier alpha value is -3.64. The summed E-state index contributed by atoms with van der Waals surface area (Å²) >= 11 is 0. The number of benzene rings is 3. The number of rotatable bonds is 7. The number of nitrogens with one attached hydrogen (secondary N) is 2. The standard InChI is InChI=1S/C27H30N4O2/c28-19-20-8-7-11-22(18-20)26(32)30-25(21-9-3-1-4-10-21)27(33)29-23-12-14-24(15-13-23)31-16-5-2-6-17-31/h1,3-4,7-15,18,25H,2,5-6,16-17,19,28H2,(H,29,33)(H,30,32)/t25-/m1/s1. The first-order chi connectivity index (χ1) is 16.1. The molecule has 1 fully saturated rings. The quantitative estimate of drug-likeness (QED) is 0.511. The SMILES string of the molecule is NCc1cccc(C(=O)N[C@@H](C(=O)Nc2ccc(N3CCCCC3)cc2)c2ccccc2)c1. The van der Waals surface area contributed by atoms with Crippen molar-refractivity contribution < 1.29 is 9.59 Å². The van der Waals surface area contributed by atoms with Crippen LogP contribution in [-0.4, -0.2) is 24.9 Å². The Bertz CT molecular complexity index is 1080. The number of carbonyl (C=O) groups excluding carboxylic acids is 2. The smallest absolute Gasteiger partial charge is 0.252 e. The zero-order chi connectivity index (χ0) is 23.0. The second-order valence-corrected chi connectivity index (χ2v) is 8.31. The van der Waals surface area contributed by atoms with Crippen LogP contribution in [-0.2, 0) is 11.3 Å². The van der Waals surface area contributed by atoms with Crippen molar-refractivity contribution in [1.82, 2.24) is 5.32 Å². The molecule has 33 heavy (non-hydrogen) atoms. The summed E-state index contributed by atoms with van der Waals surface area (Å²) in [7, 11) is 0. The van der Waals surface area contributed by atoms with E-state index in [-0.39, 0.29) is 11.8 Å². The molecule has 3 aromatic carbocycles. The van der Waals surface area contributed by atoms with E-state index < -0.39 is 6.04 Å². The predicted molar refractivity (Wildman–Crippen MR) is 132 cm³/mol. The molecule has 0 bridgehead atoms. The maximum absolute atomic E-state index is 13.2. The number of nitrogens with two attached hydrogens (primary N) is 1. The molecule has 1 saturated heterocycles. The van der Waals surface area contributed by atoms with E-state index in [2.05, 4.69) is 15.5 Å². The molecule has 4 rings (SSSR count). The molecular weight excluding hydrogens is 412 g/mol. The van der Waals surface area contributed by atoms with Crippen LogP contribution in [0.15, 0.2) is 78.9 Å². The van der Waals surface area contributed by atoms with Crippen LogP contribution >= 0.6 is 0 Å². The summed E-state index contributed by atoms with van der Waals surface area (Å²) in [5.74, 6) is -0.620. The number of carbonyl (C=O) groups is 2. The summed E-state index contributed by atoms with van der Waals surface area (Å²) < 4.78 is 0. The van der Waals surface area contributed by atoms with Crippen molar-refractivity contribution >= 4 is 23.2 Å². The highest BCUT2D eigenvalue weighted by Crippen LogP contribution is 2.23. The van der Waals surface area contributed by atoms with Gasteiger partial charge in [-0.25, -0.2) is 0 Å². The highest BCUT2D eigenvalue weighted by atomic mass is 16.2. The Morgan fingerprint density at radius 3 is 2.30 bits per heavy atom. The fourth-order valence-corrected chi connectivity index (χ4v) is 4.12. The van der Waals surface area contributed by atoms with Crippen molar-refractivity contribution in [1.29, 1.82) is 0 Å². The number of anilines is 2. The third-order valence-corrected chi connectivity index (χ3v) is 5.95. The second-order valence-electron chi connectivity index (χ2n) is 8.31. The van der Waals surface area contributed by atoms with E-state index >= 15 is 0 Å². The molecule has 1 heterocycles. The van der Waals surface area contributed by atoms with Crippen LogP contribution in [0, 0.1) is 0 Å². The summed E-state index contributed by atoms with van der Waals surface area (Å²) in [4.78, 5) is 28.5. The van der Waals surface area contributed by atoms with Gasteiger partial charge in [0.05, 0.1) is 0 Å². The number of hydrogen-bond acceptors (Lipinski definition) is 4. The molecule has 6 heteroatoms. The van der Waals surface area contributed by atoms with Crippen molar-refractivity contribution in [3.05, 3.63) is 95.6 Å². The first kappa shape index (κ1) is 22.6. The minimum absolute atomic E-state index is 0.296. The minimum Gasteiger partial charge on any atom is -0.372 e. The van der Waals surface area contributed by atoms with E-state index in [1.165, 1.54) is 24.9 Å². The Labute approximate surface area is 194 Å². The van der Waals surface area contributed by atoms with Crippen LogP contribution < -0.4 is 21.3 Å². The minimum atomic E-state index is -0.831. The van der Waals surface area contributed by atoms with Crippen LogP contribution in [0.2, 0.25) is 0 Å². The van der Waals surface area contributed by atoms with Gasteiger partial charge in [0, 0.05) is 36.6 Å². The lowest BCUT2D eigenvalue weighted by atomic mass is 10.0. The Morgan fingerprint density at radius 1 is 0.879 bits per heavy atom. The first-order valence-corrected chi connectivity index (χ1v) is 11.4. The van der Waals surface area contributed by atoms with Gasteiger partial charge in [-0.3, -0.25) is 9.59 Å². The fraction of sp³-hybridized carbons (Fsp3) is 0.259. The maximum Gasteiger partial charge on any atom is 0.252 e. The molecular formula is C27H30N4O2. The highest BCUT2D eigenvalue weighted by Gasteiger charge is 2.23. The predicted octanol–water partition coefficient (Wildman–Crippen LogP) is 4.25. The lowest BCUT2D eigenvalue weighted by Gasteiger charge is -2.29. The molecule has 6 nitrogen and oxygen atoms in total. The van der Waals surface area contributed by atoms with Crippen LogP contribution in [0.25, 0.3) is 0 Å². The van der Waals surface area contributed by atoms with Gasteiger partial charge in [0.1, 0.15) is 6.04 Å². The van der Waals surface area contributed by atoms with Crippen molar-refractivity contribution in [2.24, 2.45) is 5.73 Å². The molecule has 4 N–H and O–H groups in total. The molecule has 170 valence electrons. The van der Waals surface area contributed by atoms with Gasteiger partial charge in [0.15, 0.2) is 0 Å². The van der Waals surface area contributed by atoms with Crippen molar-refractivity contribution in [3.8, 4) is 0 Å². The first-order valence-electron chi connectivity index (χ1n) is 11.4. The van der Waals surface area contributed by atoms with E-state index in [0.717, 1.165) is 18.7 Å². The van der Waals surface area contributed by atoms with Gasteiger partial charge >= 0.3 is 0 Å². The lowest BCUT2D eigenvalue weighted by Crippen LogP contribution is -2.37. The fourth-order valence-electron chi connectivity index (χ4n) is 4.12. The van der Waals surface area contributed by atoms with Gasteiger partial charge in [-0.15, -0.1) is 0 Å². The lowest BCUT2D eigenvalue weighted by molar-refractivity contribution is -0.118. The molecule has 1 aliphatic rings. The van der Waals surface area contributed by atoms with Gasteiger partial charge in [0.2, 0.25) is 0 Å². The molecule has 1 atom stereocenters. The van der Waals surface area contributed by atoms with Gasteiger partial charge < -0.3 is 21.3 Å². The van der Waals surface area contributed by atoms with Crippen LogP contribution in [0.3, 0.4) is 0 Å². The summed E-state index contributed by atoms with van der Waals surface area (Å²) in [6.45, 7) is 2.48. The van der Waals surface area contributed by atoms with Gasteiger partial charge in [-0.05, 0) is 66.8 Å². The van der Waals surface area contributed by atoms with Gasteiger partial charge in [-0.1, -0.05) is 42.5 Å². The maximum atomic E-state index is 13.2. The number of piperidine rings is 1. The largest absolute Gasteiger partial charge is 0.372 e. The monoisotopic (exact) mass is 442 g/mol. The Balaban J connectivity index is 1.49. The van der Waals surface area contributed by atoms with Crippen LogP contribution in [0.5, 0.6) is 0 Å². The zero-order valence-electron chi connectivity index (χ0n) is 18.7. The van der Waals surface area contributed by atoms with Crippen LogP contribution in [0.4, 0.5) is 11.4 Å². The molecule has 0 unspecified atom stereocenters. The number of nitrogens with zero attached hydrogens (tertiary/aromatic N) is 1. The average Bonchev–Trinajstić information content (AvgIpc) is 2.88. The summed E-state index contributed by atoms with van der Waals surface area (Å²) in [6.07, 6.45) is 3.71. The van der Waals surface area contributed by atoms with Crippen LogP contribution in [0.1, 0.15) is 46.8 Å². The highest BCUT2D eigenvalue weighted by molar-refractivity contribution is 6.01. The van der Waals surface area contributed by atoms with E-state index in [0.29, 0.717) is 23.4 Å². The summed E-state index contributed by atoms with van der Waals surface area (Å²) in [5.41, 5.74) is 9.61.